The molecular weight excluding hydrogens is 246 g/mol. The van der Waals surface area contributed by atoms with Gasteiger partial charge in [-0.05, 0) is 30.7 Å². The number of carbonyl (C=O) groups is 2. The Hall–Kier alpha value is -2.56. The first kappa shape index (κ1) is 12.9. The topological polar surface area (TPSA) is 66.8 Å². The molecule has 2 rings (SSSR count). The standard InChI is InChI=1S/C14H13NO4/c1-10-5-2-3-6-11(10)13(16)15-9-19-8-4-7-12(15)14(17)18/h2-8H,9H2,1H3,(H,17,18). The summed E-state index contributed by atoms with van der Waals surface area (Å²) in [5.41, 5.74) is 1.14. The van der Waals surface area contributed by atoms with Crippen LogP contribution in [0.4, 0.5) is 0 Å². The van der Waals surface area contributed by atoms with Crippen molar-refractivity contribution in [1.82, 2.24) is 4.90 Å². The Morgan fingerprint density at radius 2 is 2.05 bits per heavy atom. The molecule has 1 aromatic carbocycles. The molecule has 98 valence electrons. The van der Waals surface area contributed by atoms with Crippen LogP contribution >= 0.6 is 0 Å². The zero-order valence-electron chi connectivity index (χ0n) is 10.4. The van der Waals surface area contributed by atoms with Gasteiger partial charge in [0, 0.05) is 5.56 Å². The molecule has 0 radical (unpaired) electrons. The highest BCUT2D eigenvalue weighted by atomic mass is 16.5. The number of hydrogen-bond acceptors (Lipinski definition) is 3. The van der Waals surface area contributed by atoms with E-state index in [1.165, 1.54) is 18.4 Å². The van der Waals surface area contributed by atoms with Crippen LogP contribution in [0.15, 0.2) is 48.4 Å². The maximum absolute atomic E-state index is 12.4. The van der Waals surface area contributed by atoms with E-state index in [1.54, 1.807) is 25.1 Å². The van der Waals surface area contributed by atoms with E-state index in [9.17, 15) is 9.59 Å². The number of aliphatic carboxylic acids is 1. The molecule has 0 saturated heterocycles. The largest absolute Gasteiger partial charge is 0.480 e. The summed E-state index contributed by atoms with van der Waals surface area (Å²) in [5, 5.41) is 9.15. The summed E-state index contributed by atoms with van der Waals surface area (Å²) >= 11 is 0. The van der Waals surface area contributed by atoms with Gasteiger partial charge < -0.3 is 9.84 Å². The van der Waals surface area contributed by atoms with E-state index in [-0.39, 0.29) is 12.4 Å². The van der Waals surface area contributed by atoms with Crippen molar-refractivity contribution in [2.45, 2.75) is 6.92 Å². The van der Waals surface area contributed by atoms with Crippen LogP contribution in [-0.4, -0.2) is 28.6 Å². The van der Waals surface area contributed by atoms with Gasteiger partial charge in [0.25, 0.3) is 5.91 Å². The predicted molar refractivity (Wildman–Crippen MR) is 68.2 cm³/mol. The van der Waals surface area contributed by atoms with Crippen molar-refractivity contribution in [3.8, 4) is 0 Å². The third-order valence-corrected chi connectivity index (χ3v) is 2.76. The number of carboxylic acids is 1. The lowest BCUT2D eigenvalue weighted by Crippen LogP contribution is -2.35. The van der Waals surface area contributed by atoms with Crippen LogP contribution in [0.25, 0.3) is 0 Å². The molecule has 0 bridgehead atoms. The fourth-order valence-electron chi connectivity index (χ4n) is 1.78. The number of hydrogen-bond donors (Lipinski definition) is 1. The van der Waals surface area contributed by atoms with Gasteiger partial charge in [-0.3, -0.25) is 9.69 Å². The lowest BCUT2D eigenvalue weighted by molar-refractivity contribution is -0.134. The van der Waals surface area contributed by atoms with E-state index in [1.807, 2.05) is 6.07 Å². The predicted octanol–water partition coefficient (Wildman–Crippen LogP) is 1.91. The van der Waals surface area contributed by atoms with Crippen molar-refractivity contribution < 1.29 is 19.4 Å². The first-order valence-electron chi connectivity index (χ1n) is 5.70. The Balaban J connectivity index is 2.37. The molecule has 0 aromatic heterocycles. The van der Waals surface area contributed by atoms with Gasteiger partial charge in [0.05, 0.1) is 6.26 Å². The monoisotopic (exact) mass is 259 g/mol. The van der Waals surface area contributed by atoms with Gasteiger partial charge in [-0.15, -0.1) is 0 Å². The molecule has 1 heterocycles. The van der Waals surface area contributed by atoms with Crippen molar-refractivity contribution in [2.75, 3.05) is 6.73 Å². The molecule has 1 aliphatic rings. The minimum absolute atomic E-state index is 0.109. The molecule has 0 unspecified atom stereocenters. The first-order valence-corrected chi connectivity index (χ1v) is 5.70. The number of ether oxygens (including phenoxy) is 1. The molecule has 5 heteroatoms. The summed E-state index contributed by atoms with van der Waals surface area (Å²) in [6.45, 7) is 1.68. The fourth-order valence-corrected chi connectivity index (χ4v) is 1.78. The lowest BCUT2D eigenvalue weighted by Gasteiger charge is -2.21. The molecule has 1 aliphatic heterocycles. The van der Waals surface area contributed by atoms with Crippen LogP contribution in [-0.2, 0) is 9.53 Å². The lowest BCUT2D eigenvalue weighted by atomic mass is 10.1. The molecule has 0 atom stereocenters. The summed E-state index contributed by atoms with van der Waals surface area (Å²) in [5.74, 6) is -1.56. The highest BCUT2D eigenvalue weighted by Gasteiger charge is 2.26. The van der Waals surface area contributed by atoms with E-state index in [4.69, 9.17) is 9.84 Å². The number of aryl methyl sites for hydroxylation is 1. The van der Waals surface area contributed by atoms with E-state index in [0.29, 0.717) is 5.56 Å². The van der Waals surface area contributed by atoms with Gasteiger partial charge in [-0.2, -0.15) is 0 Å². The van der Waals surface area contributed by atoms with Crippen molar-refractivity contribution in [3.63, 3.8) is 0 Å². The minimum atomic E-state index is -1.17. The number of carboxylic acid groups (broad SMARTS) is 1. The molecule has 1 amide bonds. The number of rotatable bonds is 2. The van der Waals surface area contributed by atoms with Crippen molar-refractivity contribution >= 4 is 11.9 Å². The molecule has 0 spiro atoms. The van der Waals surface area contributed by atoms with Gasteiger partial charge in [0.1, 0.15) is 5.70 Å². The summed E-state index contributed by atoms with van der Waals surface area (Å²) in [7, 11) is 0. The maximum Gasteiger partial charge on any atom is 0.352 e. The average Bonchev–Trinajstić information content (AvgIpc) is 2.64. The molecular formula is C14H13NO4. The molecule has 0 saturated carbocycles. The summed E-state index contributed by atoms with van der Waals surface area (Å²) in [6.07, 6.45) is 4.15. The van der Waals surface area contributed by atoms with Gasteiger partial charge in [0.2, 0.25) is 0 Å². The van der Waals surface area contributed by atoms with Crippen molar-refractivity contribution in [1.29, 1.82) is 0 Å². The van der Waals surface area contributed by atoms with Crippen LogP contribution in [0, 0.1) is 6.92 Å². The molecule has 5 nitrogen and oxygen atoms in total. The summed E-state index contributed by atoms with van der Waals surface area (Å²) in [4.78, 5) is 24.7. The molecule has 1 aromatic rings. The second-order valence-electron chi connectivity index (χ2n) is 4.03. The Morgan fingerprint density at radius 1 is 1.32 bits per heavy atom. The maximum atomic E-state index is 12.4. The minimum Gasteiger partial charge on any atom is -0.480 e. The van der Waals surface area contributed by atoms with Crippen LogP contribution in [0.3, 0.4) is 0 Å². The van der Waals surface area contributed by atoms with E-state index in [2.05, 4.69) is 0 Å². The van der Waals surface area contributed by atoms with Crippen LogP contribution in [0.2, 0.25) is 0 Å². The fraction of sp³-hybridized carbons (Fsp3) is 0.143. The zero-order chi connectivity index (χ0) is 13.8. The van der Waals surface area contributed by atoms with Crippen LogP contribution in [0.1, 0.15) is 15.9 Å². The van der Waals surface area contributed by atoms with Crippen LogP contribution < -0.4 is 0 Å². The zero-order valence-corrected chi connectivity index (χ0v) is 10.4. The third-order valence-electron chi connectivity index (χ3n) is 2.76. The quantitative estimate of drug-likeness (QED) is 0.881. The van der Waals surface area contributed by atoms with E-state index in [0.717, 1.165) is 10.5 Å². The molecule has 0 fully saturated rings. The van der Waals surface area contributed by atoms with Gasteiger partial charge in [-0.1, -0.05) is 18.2 Å². The van der Waals surface area contributed by atoms with E-state index < -0.39 is 11.9 Å². The Morgan fingerprint density at radius 3 is 2.74 bits per heavy atom. The molecule has 19 heavy (non-hydrogen) atoms. The summed E-state index contributed by atoms with van der Waals surface area (Å²) in [6, 6.07) is 7.02. The van der Waals surface area contributed by atoms with Crippen molar-refractivity contribution in [3.05, 3.63) is 59.5 Å². The Bertz CT molecular complexity index is 575. The number of amides is 1. The molecule has 1 N–H and O–H groups in total. The van der Waals surface area contributed by atoms with Crippen molar-refractivity contribution in [2.24, 2.45) is 0 Å². The van der Waals surface area contributed by atoms with Gasteiger partial charge in [0.15, 0.2) is 6.73 Å². The third kappa shape index (κ3) is 2.65. The summed E-state index contributed by atoms with van der Waals surface area (Å²) < 4.78 is 5.08. The Labute approximate surface area is 110 Å². The second kappa shape index (κ2) is 5.39. The molecule has 0 aliphatic carbocycles. The van der Waals surface area contributed by atoms with Crippen LogP contribution in [0.5, 0.6) is 0 Å². The number of carbonyl (C=O) groups excluding carboxylic acids is 1. The number of nitrogens with zero attached hydrogens (tertiary/aromatic N) is 1. The highest BCUT2D eigenvalue weighted by molar-refractivity contribution is 6.01. The number of benzene rings is 1. The average molecular weight is 259 g/mol. The normalized spacial score (nSPS) is 14.4. The van der Waals surface area contributed by atoms with E-state index >= 15 is 0 Å². The SMILES string of the molecule is Cc1ccccc1C(=O)N1COC=CC=C1C(=O)O. The Kier molecular flexibility index (Phi) is 3.66. The second-order valence-corrected chi connectivity index (χ2v) is 4.03. The van der Waals surface area contributed by atoms with Gasteiger partial charge in [-0.25, -0.2) is 4.79 Å². The highest BCUT2D eigenvalue weighted by Crippen LogP contribution is 2.16. The van der Waals surface area contributed by atoms with Gasteiger partial charge >= 0.3 is 5.97 Å². The smallest absolute Gasteiger partial charge is 0.352 e. The first-order chi connectivity index (χ1) is 9.11. The number of allylic oxidation sites excluding steroid dienone is 2.